The molecule has 1 aromatic rings. The van der Waals surface area contributed by atoms with Crippen LogP contribution in [0.3, 0.4) is 0 Å². The van der Waals surface area contributed by atoms with Crippen LogP contribution in [0.2, 0.25) is 0 Å². The molecule has 2 atom stereocenters. The standard InChI is InChI=1S/C17H26N2OS/c1-3-10-17(2,18)16(20)19-11-9-14(12-19)13-21-15-7-5-4-6-8-15/h4-8,14H,3,9-13,18H2,1-2H3. The SMILES string of the molecule is CCCC(C)(N)C(=O)N1CCC(CSc2ccccc2)C1. The van der Waals surface area contributed by atoms with Crippen LogP contribution in [0, 0.1) is 5.92 Å². The number of carbonyl (C=O) groups excluding carboxylic acids is 1. The Hall–Kier alpha value is -1.00. The van der Waals surface area contributed by atoms with Crippen molar-refractivity contribution in [2.45, 2.75) is 43.5 Å². The number of likely N-dealkylation sites (tertiary alicyclic amines) is 1. The molecule has 0 aromatic heterocycles. The van der Waals surface area contributed by atoms with Crippen LogP contribution < -0.4 is 5.73 Å². The molecule has 4 heteroatoms. The molecule has 0 aliphatic carbocycles. The number of nitrogens with zero attached hydrogens (tertiary/aromatic N) is 1. The molecule has 1 heterocycles. The highest BCUT2D eigenvalue weighted by Gasteiger charge is 2.35. The van der Waals surface area contributed by atoms with Gasteiger partial charge in [-0.3, -0.25) is 4.79 Å². The zero-order valence-corrected chi connectivity index (χ0v) is 13.9. The summed E-state index contributed by atoms with van der Waals surface area (Å²) >= 11 is 1.88. The van der Waals surface area contributed by atoms with Gasteiger partial charge in [0.15, 0.2) is 0 Å². The molecule has 0 spiro atoms. The van der Waals surface area contributed by atoms with E-state index in [0.29, 0.717) is 5.92 Å². The molecule has 2 N–H and O–H groups in total. The van der Waals surface area contributed by atoms with Gasteiger partial charge in [0.1, 0.15) is 0 Å². The predicted octanol–water partition coefficient (Wildman–Crippen LogP) is 3.14. The summed E-state index contributed by atoms with van der Waals surface area (Å²) in [6.45, 7) is 5.65. The van der Waals surface area contributed by atoms with Gasteiger partial charge in [0.05, 0.1) is 5.54 Å². The van der Waals surface area contributed by atoms with Crippen molar-refractivity contribution in [2.75, 3.05) is 18.8 Å². The van der Waals surface area contributed by atoms with Gasteiger partial charge in [-0.25, -0.2) is 0 Å². The van der Waals surface area contributed by atoms with E-state index in [0.717, 1.165) is 38.1 Å². The average molecular weight is 306 g/mol. The second-order valence-corrected chi connectivity index (χ2v) is 7.29. The van der Waals surface area contributed by atoms with E-state index in [9.17, 15) is 4.79 Å². The van der Waals surface area contributed by atoms with Crippen LogP contribution in [0.25, 0.3) is 0 Å². The summed E-state index contributed by atoms with van der Waals surface area (Å²) in [5, 5.41) is 0. The van der Waals surface area contributed by atoms with Crippen molar-refractivity contribution in [3.8, 4) is 0 Å². The highest BCUT2D eigenvalue weighted by atomic mass is 32.2. The van der Waals surface area contributed by atoms with E-state index in [1.807, 2.05) is 29.7 Å². The number of amides is 1. The summed E-state index contributed by atoms with van der Waals surface area (Å²) in [4.78, 5) is 15.7. The Balaban J connectivity index is 1.82. The Labute approximate surface area is 132 Å². The minimum atomic E-state index is -0.698. The van der Waals surface area contributed by atoms with Gasteiger partial charge in [-0.05, 0) is 37.8 Å². The van der Waals surface area contributed by atoms with E-state index in [4.69, 9.17) is 5.73 Å². The summed E-state index contributed by atoms with van der Waals surface area (Å²) in [6.07, 6.45) is 2.79. The molecule has 2 unspecified atom stereocenters. The number of thioether (sulfide) groups is 1. The Morgan fingerprint density at radius 2 is 2.14 bits per heavy atom. The van der Waals surface area contributed by atoms with Crippen molar-refractivity contribution in [1.82, 2.24) is 4.90 Å². The molecular weight excluding hydrogens is 280 g/mol. The van der Waals surface area contributed by atoms with Crippen LogP contribution in [0.1, 0.15) is 33.1 Å². The summed E-state index contributed by atoms with van der Waals surface area (Å²) < 4.78 is 0. The fraction of sp³-hybridized carbons (Fsp3) is 0.588. The Kier molecular flexibility index (Phi) is 5.71. The van der Waals surface area contributed by atoms with Crippen LogP contribution in [0.15, 0.2) is 35.2 Å². The smallest absolute Gasteiger partial charge is 0.242 e. The van der Waals surface area contributed by atoms with Crippen molar-refractivity contribution >= 4 is 17.7 Å². The van der Waals surface area contributed by atoms with Crippen LogP contribution in [0.4, 0.5) is 0 Å². The molecule has 116 valence electrons. The van der Waals surface area contributed by atoms with Crippen molar-refractivity contribution in [2.24, 2.45) is 11.7 Å². The maximum Gasteiger partial charge on any atom is 0.242 e. The van der Waals surface area contributed by atoms with E-state index < -0.39 is 5.54 Å². The average Bonchev–Trinajstić information content (AvgIpc) is 2.94. The topological polar surface area (TPSA) is 46.3 Å². The monoisotopic (exact) mass is 306 g/mol. The largest absolute Gasteiger partial charge is 0.341 e. The summed E-state index contributed by atoms with van der Waals surface area (Å²) in [5.74, 6) is 1.77. The van der Waals surface area contributed by atoms with E-state index >= 15 is 0 Å². The quantitative estimate of drug-likeness (QED) is 0.821. The maximum absolute atomic E-state index is 12.5. The van der Waals surface area contributed by atoms with Gasteiger partial charge in [0, 0.05) is 23.7 Å². The number of rotatable bonds is 6. The lowest BCUT2D eigenvalue weighted by Gasteiger charge is -2.29. The Morgan fingerprint density at radius 3 is 2.81 bits per heavy atom. The molecule has 0 radical (unpaired) electrons. The summed E-state index contributed by atoms with van der Waals surface area (Å²) in [7, 11) is 0. The first-order chi connectivity index (χ1) is 10.0. The first-order valence-electron chi connectivity index (χ1n) is 7.79. The van der Waals surface area contributed by atoms with Gasteiger partial charge in [-0.1, -0.05) is 31.5 Å². The first-order valence-corrected chi connectivity index (χ1v) is 8.77. The number of benzene rings is 1. The lowest BCUT2D eigenvalue weighted by Crippen LogP contribution is -2.52. The molecule has 1 fully saturated rings. The van der Waals surface area contributed by atoms with Crippen LogP contribution in [-0.4, -0.2) is 35.2 Å². The van der Waals surface area contributed by atoms with Crippen LogP contribution in [0.5, 0.6) is 0 Å². The minimum Gasteiger partial charge on any atom is -0.341 e. The van der Waals surface area contributed by atoms with E-state index in [1.165, 1.54) is 4.90 Å². The summed E-state index contributed by atoms with van der Waals surface area (Å²) in [5.41, 5.74) is 5.47. The van der Waals surface area contributed by atoms with E-state index in [1.54, 1.807) is 0 Å². The third-order valence-corrected chi connectivity index (χ3v) is 5.30. The molecule has 21 heavy (non-hydrogen) atoms. The lowest BCUT2D eigenvalue weighted by molar-refractivity contribution is -0.135. The number of hydrogen-bond acceptors (Lipinski definition) is 3. The van der Waals surface area contributed by atoms with Gasteiger partial charge < -0.3 is 10.6 Å². The van der Waals surface area contributed by atoms with Gasteiger partial charge >= 0.3 is 0 Å². The number of hydrogen-bond donors (Lipinski definition) is 1. The van der Waals surface area contributed by atoms with Crippen molar-refractivity contribution in [1.29, 1.82) is 0 Å². The third kappa shape index (κ3) is 4.48. The Morgan fingerprint density at radius 1 is 1.43 bits per heavy atom. The zero-order valence-electron chi connectivity index (χ0n) is 13.0. The highest BCUT2D eigenvalue weighted by Crippen LogP contribution is 2.27. The zero-order chi connectivity index (χ0) is 15.3. The van der Waals surface area contributed by atoms with Gasteiger partial charge in [0.2, 0.25) is 5.91 Å². The fourth-order valence-electron chi connectivity index (χ4n) is 2.87. The molecule has 1 aliphatic heterocycles. The van der Waals surface area contributed by atoms with Crippen LogP contribution >= 0.6 is 11.8 Å². The van der Waals surface area contributed by atoms with Crippen LogP contribution in [-0.2, 0) is 4.79 Å². The molecule has 1 aliphatic rings. The Bertz CT molecular complexity index is 461. The molecular formula is C17H26N2OS. The van der Waals surface area contributed by atoms with Gasteiger partial charge in [-0.2, -0.15) is 0 Å². The lowest BCUT2D eigenvalue weighted by atomic mass is 9.96. The van der Waals surface area contributed by atoms with Crippen molar-refractivity contribution in [3.05, 3.63) is 30.3 Å². The predicted molar refractivity (Wildman–Crippen MR) is 89.4 cm³/mol. The molecule has 1 aromatic carbocycles. The molecule has 2 rings (SSSR count). The maximum atomic E-state index is 12.5. The third-order valence-electron chi connectivity index (χ3n) is 4.06. The normalized spacial score (nSPS) is 21.3. The van der Waals surface area contributed by atoms with Gasteiger partial charge in [0.25, 0.3) is 0 Å². The van der Waals surface area contributed by atoms with Crippen molar-refractivity contribution in [3.63, 3.8) is 0 Å². The first kappa shape index (κ1) is 16.4. The number of nitrogens with two attached hydrogens (primary N) is 1. The molecule has 1 amide bonds. The van der Waals surface area contributed by atoms with Gasteiger partial charge in [-0.15, -0.1) is 11.8 Å². The number of carbonyl (C=O) groups is 1. The van der Waals surface area contributed by atoms with E-state index in [-0.39, 0.29) is 5.91 Å². The molecule has 0 saturated carbocycles. The van der Waals surface area contributed by atoms with E-state index in [2.05, 4.69) is 31.2 Å². The second-order valence-electron chi connectivity index (χ2n) is 6.20. The van der Waals surface area contributed by atoms with Crippen molar-refractivity contribution < 1.29 is 4.79 Å². The second kappa shape index (κ2) is 7.32. The molecule has 1 saturated heterocycles. The summed E-state index contributed by atoms with van der Waals surface area (Å²) in [6, 6.07) is 10.5. The molecule has 0 bridgehead atoms. The minimum absolute atomic E-state index is 0.122. The fourth-order valence-corrected chi connectivity index (χ4v) is 3.92. The molecule has 3 nitrogen and oxygen atoms in total. The highest BCUT2D eigenvalue weighted by molar-refractivity contribution is 7.99.